The second kappa shape index (κ2) is 3.74. The number of hydrogen-bond acceptors (Lipinski definition) is 4. The first-order chi connectivity index (χ1) is 6.34. The highest BCUT2D eigenvalue weighted by molar-refractivity contribution is 5.19. The van der Waals surface area contributed by atoms with Gasteiger partial charge >= 0.3 is 0 Å². The Bertz CT molecular complexity index is 267. The van der Waals surface area contributed by atoms with E-state index in [1.54, 1.807) is 6.20 Å². The van der Waals surface area contributed by atoms with Crippen LogP contribution in [0.1, 0.15) is 12.8 Å². The van der Waals surface area contributed by atoms with Gasteiger partial charge in [0.25, 0.3) is 0 Å². The summed E-state index contributed by atoms with van der Waals surface area (Å²) in [5.41, 5.74) is 5.46. The van der Waals surface area contributed by atoms with Crippen molar-refractivity contribution in [2.45, 2.75) is 19.4 Å². The van der Waals surface area contributed by atoms with Crippen molar-refractivity contribution in [1.82, 2.24) is 15.0 Å². The van der Waals surface area contributed by atoms with E-state index in [-0.39, 0.29) is 0 Å². The van der Waals surface area contributed by atoms with Gasteiger partial charge in [0.2, 0.25) is 0 Å². The van der Waals surface area contributed by atoms with Crippen LogP contribution in [0.4, 0.5) is 5.82 Å². The van der Waals surface area contributed by atoms with Gasteiger partial charge in [0, 0.05) is 19.8 Å². The molecule has 2 heterocycles. The molecule has 0 aliphatic carbocycles. The Kier molecular flexibility index (Phi) is 2.44. The number of anilines is 1. The predicted molar refractivity (Wildman–Crippen MR) is 48.0 cm³/mol. The molecular formula is C8H14N4O. The van der Waals surface area contributed by atoms with Crippen LogP contribution in [0.25, 0.3) is 0 Å². The van der Waals surface area contributed by atoms with Crippen molar-refractivity contribution >= 4 is 5.82 Å². The van der Waals surface area contributed by atoms with Gasteiger partial charge < -0.3 is 10.5 Å². The Morgan fingerprint density at radius 1 is 1.54 bits per heavy atom. The predicted octanol–water partition coefficient (Wildman–Crippen LogP) is 0.287. The molecule has 1 saturated heterocycles. The molecule has 72 valence electrons. The Labute approximate surface area is 76.9 Å². The fourth-order valence-electron chi connectivity index (χ4n) is 1.60. The highest BCUT2D eigenvalue weighted by atomic mass is 16.5. The third-order valence-electron chi connectivity index (χ3n) is 2.34. The van der Waals surface area contributed by atoms with Crippen molar-refractivity contribution in [3.8, 4) is 0 Å². The second-order valence-corrected chi connectivity index (χ2v) is 3.42. The van der Waals surface area contributed by atoms with E-state index in [4.69, 9.17) is 10.5 Å². The summed E-state index contributed by atoms with van der Waals surface area (Å²) in [6.45, 7) is 2.65. The normalized spacial score (nSPS) is 19.1. The lowest BCUT2D eigenvalue weighted by molar-refractivity contribution is 0.0600. The van der Waals surface area contributed by atoms with Crippen molar-refractivity contribution < 1.29 is 4.74 Å². The Hall–Kier alpha value is -1.10. The number of rotatable bonds is 2. The minimum atomic E-state index is 0.493. The second-order valence-electron chi connectivity index (χ2n) is 3.42. The molecule has 1 aromatic rings. The lowest BCUT2D eigenvalue weighted by atomic mass is 10.0. The van der Waals surface area contributed by atoms with E-state index in [2.05, 4.69) is 10.3 Å². The number of ether oxygens (including phenoxy) is 1. The fourth-order valence-corrected chi connectivity index (χ4v) is 1.60. The molecular weight excluding hydrogens is 168 g/mol. The van der Waals surface area contributed by atoms with Crippen LogP contribution < -0.4 is 5.73 Å². The maximum absolute atomic E-state index is 5.46. The number of nitrogens with two attached hydrogens (primary N) is 1. The summed E-state index contributed by atoms with van der Waals surface area (Å²) >= 11 is 0. The van der Waals surface area contributed by atoms with Gasteiger partial charge in [0.05, 0.1) is 6.20 Å². The standard InChI is InChI=1S/C8H14N4O/c9-8-6-12(11-10-8)5-7-1-3-13-4-2-7/h6-7H,1-5,9H2. The van der Waals surface area contributed by atoms with Gasteiger partial charge in [0.15, 0.2) is 5.82 Å². The van der Waals surface area contributed by atoms with Crippen LogP contribution in [-0.4, -0.2) is 28.2 Å². The summed E-state index contributed by atoms with van der Waals surface area (Å²) in [6.07, 6.45) is 4.00. The van der Waals surface area contributed by atoms with E-state index < -0.39 is 0 Å². The lowest BCUT2D eigenvalue weighted by Crippen LogP contribution is -2.20. The molecule has 0 saturated carbocycles. The average Bonchev–Trinajstić information content (AvgIpc) is 2.53. The van der Waals surface area contributed by atoms with Crippen molar-refractivity contribution in [1.29, 1.82) is 0 Å². The van der Waals surface area contributed by atoms with Crippen molar-refractivity contribution in [3.05, 3.63) is 6.20 Å². The van der Waals surface area contributed by atoms with E-state index in [1.165, 1.54) is 0 Å². The van der Waals surface area contributed by atoms with E-state index in [9.17, 15) is 0 Å². The monoisotopic (exact) mass is 182 g/mol. The van der Waals surface area contributed by atoms with Gasteiger partial charge in [-0.15, -0.1) is 5.10 Å². The number of nitrogen functional groups attached to an aromatic ring is 1. The zero-order valence-corrected chi connectivity index (χ0v) is 7.52. The first-order valence-electron chi connectivity index (χ1n) is 4.58. The van der Waals surface area contributed by atoms with Gasteiger partial charge in [0.1, 0.15) is 0 Å². The molecule has 2 N–H and O–H groups in total. The summed E-state index contributed by atoms with van der Waals surface area (Å²) in [4.78, 5) is 0. The van der Waals surface area contributed by atoms with Gasteiger partial charge in [-0.25, -0.2) is 0 Å². The summed E-state index contributed by atoms with van der Waals surface area (Å²) in [5.74, 6) is 1.15. The third-order valence-corrected chi connectivity index (χ3v) is 2.34. The van der Waals surface area contributed by atoms with Crippen molar-refractivity contribution in [2.24, 2.45) is 5.92 Å². The Morgan fingerprint density at radius 2 is 2.31 bits per heavy atom. The molecule has 0 atom stereocenters. The lowest BCUT2D eigenvalue weighted by Gasteiger charge is -2.21. The van der Waals surface area contributed by atoms with Crippen LogP contribution >= 0.6 is 0 Å². The molecule has 5 heteroatoms. The molecule has 1 aliphatic heterocycles. The molecule has 1 aromatic heterocycles. The highest BCUT2D eigenvalue weighted by Gasteiger charge is 2.14. The Balaban J connectivity index is 1.89. The van der Waals surface area contributed by atoms with Gasteiger partial charge in [-0.2, -0.15) is 0 Å². The SMILES string of the molecule is Nc1cn(CC2CCOCC2)nn1. The Morgan fingerprint density at radius 3 is 2.92 bits per heavy atom. The molecule has 0 radical (unpaired) electrons. The minimum absolute atomic E-state index is 0.493. The van der Waals surface area contributed by atoms with Crippen LogP contribution in [0, 0.1) is 5.92 Å². The molecule has 0 amide bonds. The van der Waals surface area contributed by atoms with E-state index >= 15 is 0 Å². The average molecular weight is 182 g/mol. The van der Waals surface area contributed by atoms with Crippen molar-refractivity contribution in [3.63, 3.8) is 0 Å². The van der Waals surface area contributed by atoms with E-state index in [0.29, 0.717) is 11.7 Å². The largest absolute Gasteiger partial charge is 0.381 e. The topological polar surface area (TPSA) is 66.0 Å². The zero-order chi connectivity index (χ0) is 9.10. The summed E-state index contributed by atoms with van der Waals surface area (Å²) < 4.78 is 7.08. The maximum Gasteiger partial charge on any atom is 0.165 e. The van der Waals surface area contributed by atoms with Gasteiger partial charge in [-0.1, -0.05) is 5.21 Å². The summed E-state index contributed by atoms with van der Waals surface area (Å²) in [6, 6.07) is 0. The van der Waals surface area contributed by atoms with E-state index in [0.717, 1.165) is 32.6 Å². The zero-order valence-electron chi connectivity index (χ0n) is 7.52. The smallest absolute Gasteiger partial charge is 0.165 e. The molecule has 0 aromatic carbocycles. The molecule has 0 bridgehead atoms. The fraction of sp³-hybridized carbons (Fsp3) is 0.750. The van der Waals surface area contributed by atoms with E-state index in [1.807, 2.05) is 4.68 Å². The molecule has 5 nitrogen and oxygen atoms in total. The molecule has 2 rings (SSSR count). The molecule has 13 heavy (non-hydrogen) atoms. The van der Waals surface area contributed by atoms with Gasteiger partial charge in [-0.3, -0.25) is 4.68 Å². The first-order valence-corrected chi connectivity index (χ1v) is 4.58. The van der Waals surface area contributed by atoms with Crippen LogP contribution in [0.2, 0.25) is 0 Å². The molecule has 1 fully saturated rings. The first kappa shape index (κ1) is 8.50. The van der Waals surface area contributed by atoms with Crippen molar-refractivity contribution in [2.75, 3.05) is 18.9 Å². The minimum Gasteiger partial charge on any atom is -0.381 e. The highest BCUT2D eigenvalue weighted by Crippen LogP contribution is 2.16. The van der Waals surface area contributed by atoms with Crippen LogP contribution in [-0.2, 0) is 11.3 Å². The van der Waals surface area contributed by atoms with Crippen LogP contribution in [0.3, 0.4) is 0 Å². The maximum atomic E-state index is 5.46. The summed E-state index contributed by atoms with van der Waals surface area (Å²) in [5, 5.41) is 7.65. The summed E-state index contributed by atoms with van der Waals surface area (Å²) in [7, 11) is 0. The quantitative estimate of drug-likeness (QED) is 0.713. The number of nitrogens with zero attached hydrogens (tertiary/aromatic N) is 3. The van der Waals surface area contributed by atoms with Crippen LogP contribution in [0.15, 0.2) is 6.20 Å². The van der Waals surface area contributed by atoms with Crippen LogP contribution in [0.5, 0.6) is 0 Å². The van der Waals surface area contributed by atoms with Gasteiger partial charge in [-0.05, 0) is 18.8 Å². The number of aromatic nitrogens is 3. The molecule has 0 spiro atoms. The molecule has 0 unspecified atom stereocenters. The third kappa shape index (κ3) is 2.18. The molecule has 1 aliphatic rings. The number of hydrogen-bond donors (Lipinski definition) is 1.